The first-order valence-electron chi connectivity index (χ1n) is 6.63. The molecule has 3 nitrogen and oxygen atoms in total. The number of hydrogen-bond acceptors (Lipinski definition) is 3. The molecule has 3 rings (SSSR count). The van der Waals surface area contributed by atoms with Gasteiger partial charge in [0.15, 0.2) is 5.58 Å². The van der Waals surface area contributed by atoms with Crippen molar-refractivity contribution >= 4 is 28.9 Å². The Bertz CT molecular complexity index is 788. The minimum atomic E-state index is -0.314. The van der Waals surface area contributed by atoms with Crippen molar-refractivity contribution in [2.75, 3.05) is 19.0 Å². The summed E-state index contributed by atoms with van der Waals surface area (Å²) in [5.41, 5.74) is 3.30. The quantitative estimate of drug-likeness (QED) is 0.721. The van der Waals surface area contributed by atoms with Crippen molar-refractivity contribution in [3.8, 4) is 0 Å². The van der Waals surface area contributed by atoms with Crippen LogP contribution in [-0.4, -0.2) is 19.1 Å². The molecule has 1 heterocycles. The van der Waals surface area contributed by atoms with E-state index in [2.05, 4.69) is 4.98 Å². The summed E-state index contributed by atoms with van der Waals surface area (Å²) in [6.45, 7) is 0. The summed E-state index contributed by atoms with van der Waals surface area (Å²) in [5, 5.41) is 0. The highest BCUT2D eigenvalue weighted by atomic mass is 19.1. The molecule has 0 saturated carbocycles. The van der Waals surface area contributed by atoms with Crippen LogP contribution in [0, 0.1) is 5.82 Å². The maximum absolute atomic E-state index is 13.1. The Balaban J connectivity index is 1.83. The summed E-state index contributed by atoms with van der Waals surface area (Å²) in [6.07, 6.45) is 3.70. The van der Waals surface area contributed by atoms with Crippen molar-refractivity contribution in [3.63, 3.8) is 0 Å². The number of aromatic nitrogens is 1. The van der Waals surface area contributed by atoms with Crippen LogP contribution < -0.4 is 4.90 Å². The van der Waals surface area contributed by atoms with Crippen LogP contribution in [0.25, 0.3) is 23.3 Å². The minimum Gasteiger partial charge on any atom is -0.437 e. The molecule has 0 radical (unpaired) electrons. The molecule has 0 unspecified atom stereocenters. The van der Waals surface area contributed by atoms with Crippen molar-refractivity contribution in [3.05, 3.63) is 59.7 Å². The van der Waals surface area contributed by atoms with Gasteiger partial charge in [0.05, 0.1) is 0 Å². The van der Waals surface area contributed by atoms with Gasteiger partial charge in [0, 0.05) is 31.9 Å². The van der Waals surface area contributed by atoms with Gasteiger partial charge < -0.3 is 9.32 Å². The standard InChI is InChI=1S/C17H15FN2O/c1-20(2)14-7-3-12(4-8-14)5-10-17-19-15-11-13(18)6-9-16(15)21-17/h3-11H,1-2H3/b10-5+. The van der Waals surface area contributed by atoms with Gasteiger partial charge in [-0.05, 0) is 35.9 Å². The number of rotatable bonds is 3. The Hall–Kier alpha value is -2.62. The van der Waals surface area contributed by atoms with Gasteiger partial charge in [-0.3, -0.25) is 0 Å². The monoisotopic (exact) mass is 282 g/mol. The van der Waals surface area contributed by atoms with E-state index in [4.69, 9.17) is 4.42 Å². The Labute approximate surface area is 122 Å². The summed E-state index contributed by atoms with van der Waals surface area (Å²) in [4.78, 5) is 6.28. The molecule has 0 atom stereocenters. The SMILES string of the molecule is CN(C)c1ccc(/C=C/c2nc3cc(F)ccc3o2)cc1. The van der Waals surface area contributed by atoms with Gasteiger partial charge in [0.1, 0.15) is 11.3 Å². The van der Waals surface area contributed by atoms with E-state index in [0.29, 0.717) is 17.0 Å². The van der Waals surface area contributed by atoms with Gasteiger partial charge in [-0.15, -0.1) is 0 Å². The topological polar surface area (TPSA) is 29.3 Å². The fourth-order valence-electron chi connectivity index (χ4n) is 2.04. The molecule has 0 aliphatic heterocycles. The molecule has 3 aromatic rings. The van der Waals surface area contributed by atoms with Gasteiger partial charge in [-0.25, -0.2) is 9.37 Å². The molecule has 1 aromatic heterocycles. The molecule has 21 heavy (non-hydrogen) atoms. The number of benzene rings is 2. The highest BCUT2D eigenvalue weighted by molar-refractivity contribution is 5.76. The molecular formula is C17H15FN2O. The predicted molar refractivity (Wildman–Crippen MR) is 83.7 cm³/mol. The third-order valence-electron chi connectivity index (χ3n) is 3.19. The first kappa shape index (κ1) is 13.4. The summed E-state index contributed by atoms with van der Waals surface area (Å²) in [6, 6.07) is 12.4. The van der Waals surface area contributed by atoms with Gasteiger partial charge in [0.25, 0.3) is 0 Å². The van der Waals surface area contributed by atoms with E-state index in [0.717, 1.165) is 11.3 Å². The van der Waals surface area contributed by atoms with Crippen LogP contribution in [0.15, 0.2) is 46.9 Å². The molecule has 0 fully saturated rings. The average Bonchev–Trinajstić information content (AvgIpc) is 2.87. The second-order valence-corrected chi connectivity index (χ2v) is 4.98. The maximum atomic E-state index is 13.1. The third kappa shape index (κ3) is 2.94. The van der Waals surface area contributed by atoms with Crippen molar-refractivity contribution < 1.29 is 8.81 Å². The van der Waals surface area contributed by atoms with Gasteiger partial charge in [0.2, 0.25) is 5.89 Å². The van der Waals surface area contributed by atoms with Crippen LogP contribution in [0.1, 0.15) is 11.5 Å². The molecule has 2 aromatic carbocycles. The fraction of sp³-hybridized carbons (Fsp3) is 0.118. The number of nitrogens with zero attached hydrogens (tertiary/aromatic N) is 2. The smallest absolute Gasteiger partial charge is 0.220 e. The molecule has 0 amide bonds. The highest BCUT2D eigenvalue weighted by Crippen LogP contribution is 2.19. The minimum absolute atomic E-state index is 0.314. The zero-order chi connectivity index (χ0) is 14.8. The summed E-state index contributed by atoms with van der Waals surface area (Å²) >= 11 is 0. The van der Waals surface area contributed by atoms with Crippen LogP contribution in [0.2, 0.25) is 0 Å². The number of oxazole rings is 1. The molecule has 0 N–H and O–H groups in total. The van der Waals surface area contributed by atoms with Gasteiger partial charge in [-0.1, -0.05) is 12.1 Å². The Morgan fingerprint density at radius 1 is 1.05 bits per heavy atom. The van der Waals surface area contributed by atoms with E-state index in [-0.39, 0.29) is 5.82 Å². The Morgan fingerprint density at radius 3 is 2.52 bits per heavy atom. The number of halogens is 1. The fourth-order valence-corrected chi connectivity index (χ4v) is 2.04. The first-order valence-corrected chi connectivity index (χ1v) is 6.63. The van der Waals surface area contributed by atoms with E-state index in [1.807, 2.05) is 49.3 Å². The average molecular weight is 282 g/mol. The maximum Gasteiger partial charge on any atom is 0.220 e. The van der Waals surface area contributed by atoms with E-state index in [1.54, 1.807) is 12.1 Å². The highest BCUT2D eigenvalue weighted by Gasteiger charge is 2.03. The normalized spacial score (nSPS) is 11.4. The number of fused-ring (bicyclic) bond motifs is 1. The molecule has 0 aliphatic carbocycles. The molecule has 0 saturated heterocycles. The number of hydrogen-bond donors (Lipinski definition) is 0. The van der Waals surface area contributed by atoms with E-state index in [9.17, 15) is 4.39 Å². The summed E-state index contributed by atoms with van der Waals surface area (Å²) in [7, 11) is 4.00. The third-order valence-corrected chi connectivity index (χ3v) is 3.19. The van der Waals surface area contributed by atoms with E-state index >= 15 is 0 Å². The van der Waals surface area contributed by atoms with Crippen LogP contribution in [0.5, 0.6) is 0 Å². The van der Waals surface area contributed by atoms with Crippen molar-refractivity contribution in [1.82, 2.24) is 4.98 Å². The summed E-state index contributed by atoms with van der Waals surface area (Å²) in [5.74, 6) is 0.151. The Kier molecular flexibility index (Phi) is 3.44. The largest absolute Gasteiger partial charge is 0.437 e. The van der Waals surface area contributed by atoms with Crippen molar-refractivity contribution in [2.24, 2.45) is 0 Å². The lowest BCUT2D eigenvalue weighted by Crippen LogP contribution is -2.07. The van der Waals surface area contributed by atoms with Crippen molar-refractivity contribution in [1.29, 1.82) is 0 Å². The molecular weight excluding hydrogens is 267 g/mol. The van der Waals surface area contributed by atoms with Crippen molar-refractivity contribution in [2.45, 2.75) is 0 Å². The van der Waals surface area contributed by atoms with E-state index < -0.39 is 0 Å². The second-order valence-electron chi connectivity index (χ2n) is 4.98. The zero-order valence-corrected chi connectivity index (χ0v) is 11.9. The van der Waals surface area contributed by atoms with Crippen LogP contribution in [0.3, 0.4) is 0 Å². The first-order chi connectivity index (χ1) is 10.1. The van der Waals surface area contributed by atoms with Gasteiger partial charge in [-0.2, -0.15) is 0 Å². The number of anilines is 1. The van der Waals surface area contributed by atoms with E-state index in [1.165, 1.54) is 12.1 Å². The summed E-state index contributed by atoms with van der Waals surface area (Å²) < 4.78 is 18.6. The lowest BCUT2D eigenvalue weighted by molar-refractivity contribution is 0.588. The predicted octanol–water partition coefficient (Wildman–Crippen LogP) is 4.20. The van der Waals surface area contributed by atoms with Crippen LogP contribution >= 0.6 is 0 Å². The van der Waals surface area contributed by atoms with Crippen LogP contribution in [0.4, 0.5) is 10.1 Å². The lowest BCUT2D eigenvalue weighted by Gasteiger charge is -2.11. The molecule has 0 spiro atoms. The lowest BCUT2D eigenvalue weighted by atomic mass is 10.2. The Morgan fingerprint density at radius 2 is 1.81 bits per heavy atom. The molecule has 4 heteroatoms. The molecule has 0 aliphatic rings. The zero-order valence-electron chi connectivity index (χ0n) is 11.9. The molecule has 106 valence electrons. The second kappa shape index (κ2) is 5.40. The van der Waals surface area contributed by atoms with Gasteiger partial charge >= 0.3 is 0 Å². The van der Waals surface area contributed by atoms with Crippen LogP contribution in [-0.2, 0) is 0 Å². The molecule has 0 bridgehead atoms.